The predicted octanol–water partition coefficient (Wildman–Crippen LogP) is 6.51. The second-order valence-corrected chi connectivity index (χ2v) is 14.0. The number of rotatable bonds is 6. The molecule has 2 atom stereocenters. The summed E-state index contributed by atoms with van der Waals surface area (Å²) in [5.74, 6) is -0.952. The van der Waals surface area contributed by atoms with E-state index in [1.165, 1.54) is 19.2 Å². The molecule has 5 nitrogen and oxygen atoms in total. The summed E-state index contributed by atoms with van der Waals surface area (Å²) < 4.78 is 72.9. The first kappa shape index (κ1) is 27.6. The summed E-state index contributed by atoms with van der Waals surface area (Å²) in [6.45, 7) is 11.8. The van der Waals surface area contributed by atoms with Crippen molar-refractivity contribution in [3.8, 4) is 5.75 Å². The average molecular weight is 509 g/mol. The SMILES string of the molecule is COC(=O)C(PC(C)(C)C)c1c(C)ccc(OS(=O)(=O)C(F)(F)F)c1C1=CCC(C)(C)CC1. The molecule has 0 bridgehead atoms. The van der Waals surface area contributed by atoms with E-state index in [2.05, 4.69) is 18.0 Å². The lowest BCUT2D eigenvalue weighted by atomic mass is 9.76. The third-order valence-electron chi connectivity index (χ3n) is 5.50. The van der Waals surface area contributed by atoms with Crippen LogP contribution in [0.3, 0.4) is 0 Å². The van der Waals surface area contributed by atoms with Crippen LogP contribution in [0.15, 0.2) is 18.2 Å². The largest absolute Gasteiger partial charge is 0.534 e. The number of halogens is 3. The Morgan fingerprint density at radius 1 is 1.18 bits per heavy atom. The molecule has 0 saturated heterocycles. The van der Waals surface area contributed by atoms with Gasteiger partial charge in [-0.05, 0) is 59.5 Å². The highest BCUT2D eigenvalue weighted by atomic mass is 32.2. The fourth-order valence-electron chi connectivity index (χ4n) is 3.75. The minimum atomic E-state index is -5.89. The molecule has 0 saturated carbocycles. The van der Waals surface area contributed by atoms with Crippen molar-refractivity contribution in [3.05, 3.63) is 34.9 Å². The summed E-state index contributed by atoms with van der Waals surface area (Å²) in [4.78, 5) is 12.9. The van der Waals surface area contributed by atoms with Crippen LogP contribution < -0.4 is 4.18 Å². The van der Waals surface area contributed by atoms with Crippen molar-refractivity contribution in [3.63, 3.8) is 0 Å². The molecule has 0 amide bonds. The lowest BCUT2D eigenvalue weighted by Crippen LogP contribution is -2.29. The molecule has 1 aromatic carbocycles. The molecule has 0 aliphatic heterocycles. The molecular weight excluding hydrogens is 476 g/mol. The maximum absolute atomic E-state index is 13.1. The standard InChI is InChI=1S/C23H32F3O5PS/c1-14-8-9-16(31-33(28,29)23(24,25)26)18(15-10-12-22(5,6)13-11-15)17(14)19(20(27)30-7)32-21(2,3)4/h8-10,19,32H,11-13H2,1-7H3. The summed E-state index contributed by atoms with van der Waals surface area (Å²) in [7, 11) is -4.60. The van der Waals surface area contributed by atoms with E-state index in [4.69, 9.17) is 4.74 Å². The second-order valence-electron chi connectivity index (χ2n) is 10.1. The van der Waals surface area contributed by atoms with E-state index >= 15 is 0 Å². The summed E-state index contributed by atoms with van der Waals surface area (Å²) in [6, 6.07) is 2.71. The molecule has 10 heteroatoms. The Kier molecular flexibility index (Phi) is 8.02. The van der Waals surface area contributed by atoms with Gasteiger partial charge in [0.15, 0.2) is 5.75 Å². The van der Waals surface area contributed by atoms with E-state index in [9.17, 15) is 26.4 Å². The molecule has 0 radical (unpaired) electrons. The second kappa shape index (κ2) is 9.57. The minimum Gasteiger partial charge on any atom is -0.468 e. The Balaban J connectivity index is 2.83. The van der Waals surface area contributed by atoms with Crippen molar-refractivity contribution in [2.45, 2.75) is 77.1 Å². The Morgan fingerprint density at radius 3 is 2.24 bits per heavy atom. The number of hydrogen-bond donors (Lipinski definition) is 0. The molecular formula is C23H32F3O5PS. The van der Waals surface area contributed by atoms with Crippen molar-refractivity contribution >= 4 is 30.2 Å². The number of alkyl halides is 3. The smallest absolute Gasteiger partial charge is 0.468 e. The van der Waals surface area contributed by atoms with E-state index in [1.54, 1.807) is 6.92 Å². The average Bonchev–Trinajstić information content (AvgIpc) is 2.65. The first-order valence-electron chi connectivity index (χ1n) is 10.6. The van der Waals surface area contributed by atoms with Crippen molar-refractivity contribution in [2.75, 3.05) is 7.11 Å². The topological polar surface area (TPSA) is 69.7 Å². The van der Waals surface area contributed by atoms with Gasteiger partial charge in [0.25, 0.3) is 0 Å². The highest BCUT2D eigenvalue weighted by Gasteiger charge is 2.49. The van der Waals surface area contributed by atoms with Gasteiger partial charge >= 0.3 is 21.6 Å². The Labute approximate surface area is 196 Å². The van der Waals surface area contributed by atoms with E-state index in [0.29, 0.717) is 29.5 Å². The van der Waals surface area contributed by atoms with E-state index in [1.807, 2.05) is 26.8 Å². The number of carbonyl (C=O) groups is 1. The molecule has 1 aromatic rings. The Morgan fingerprint density at radius 2 is 1.79 bits per heavy atom. The van der Waals surface area contributed by atoms with Crippen LogP contribution in [0, 0.1) is 12.3 Å². The molecule has 0 spiro atoms. The first-order chi connectivity index (χ1) is 14.9. The van der Waals surface area contributed by atoms with Gasteiger partial charge in [-0.15, -0.1) is 0 Å². The molecule has 2 rings (SSSR count). The van der Waals surface area contributed by atoms with E-state index in [0.717, 1.165) is 6.42 Å². The monoisotopic (exact) mass is 508 g/mol. The fourth-order valence-corrected chi connectivity index (χ4v) is 5.83. The molecule has 0 heterocycles. The number of allylic oxidation sites excluding steroid dienone is 2. The van der Waals surface area contributed by atoms with E-state index in [-0.39, 0.29) is 24.7 Å². The lowest BCUT2D eigenvalue weighted by molar-refractivity contribution is -0.140. The van der Waals surface area contributed by atoms with Crippen LogP contribution in [0.4, 0.5) is 13.2 Å². The van der Waals surface area contributed by atoms with Crippen LogP contribution in [0.2, 0.25) is 0 Å². The number of ether oxygens (including phenoxy) is 1. The minimum absolute atomic E-state index is 0.00145. The third-order valence-corrected chi connectivity index (χ3v) is 8.15. The van der Waals surface area contributed by atoms with Crippen molar-refractivity contribution in [1.82, 2.24) is 0 Å². The first-order valence-corrected chi connectivity index (χ1v) is 13.1. The van der Waals surface area contributed by atoms with Gasteiger partial charge < -0.3 is 8.92 Å². The number of methoxy groups -OCH3 is 1. The van der Waals surface area contributed by atoms with Gasteiger partial charge in [-0.3, -0.25) is 4.79 Å². The molecule has 0 fully saturated rings. The summed E-state index contributed by atoms with van der Waals surface area (Å²) in [5, 5.41) is -0.291. The molecule has 33 heavy (non-hydrogen) atoms. The van der Waals surface area contributed by atoms with Crippen molar-refractivity contribution in [2.24, 2.45) is 5.41 Å². The lowest BCUT2D eigenvalue weighted by Gasteiger charge is -2.32. The number of benzene rings is 1. The van der Waals surface area contributed by atoms with Gasteiger partial charge in [-0.25, -0.2) is 0 Å². The van der Waals surface area contributed by atoms with Gasteiger partial charge in [-0.2, -0.15) is 21.6 Å². The summed E-state index contributed by atoms with van der Waals surface area (Å²) in [5.41, 5.74) is -4.33. The van der Waals surface area contributed by atoms with E-state index < -0.39 is 33.0 Å². The van der Waals surface area contributed by atoms with Crippen LogP contribution in [0.1, 0.15) is 76.2 Å². The molecule has 0 N–H and O–H groups in total. The van der Waals surface area contributed by atoms with Crippen LogP contribution in [-0.4, -0.2) is 32.2 Å². The third kappa shape index (κ3) is 6.72. The fraction of sp³-hybridized carbons (Fsp3) is 0.609. The van der Waals surface area contributed by atoms with Gasteiger partial charge in [0.1, 0.15) is 5.66 Å². The highest BCUT2D eigenvalue weighted by molar-refractivity contribution is 7.88. The predicted molar refractivity (Wildman–Crippen MR) is 125 cm³/mol. The van der Waals surface area contributed by atoms with Crippen LogP contribution in [0.25, 0.3) is 5.57 Å². The highest BCUT2D eigenvalue weighted by Crippen LogP contribution is 2.52. The van der Waals surface area contributed by atoms with Gasteiger partial charge in [0, 0.05) is 5.56 Å². The summed E-state index contributed by atoms with van der Waals surface area (Å²) in [6.07, 6.45) is 3.83. The maximum Gasteiger partial charge on any atom is 0.534 e. The summed E-state index contributed by atoms with van der Waals surface area (Å²) >= 11 is 0. The van der Waals surface area contributed by atoms with Crippen LogP contribution in [0.5, 0.6) is 5.75 Å². The normalized spacial score (nSPS) is 18.2. The van der Waals surface area contributed by atoms with Gasteiger partial charge in [0.05, 0.1) is 7.11 Å². The molecule has 2 unspecified atom stereocenters. The van der Waals surface area contributed by atoms with Gasteiger partial charge in [0.2, 0.25) is 0 Å². The van der Waals surface area contributed by atoms with Crippen LogP contribution >= 0.6 is 8.58 Å². The zero-order valence-electron chi connectivity index (χ0n) is 20.0. The zero-order valence-corrected chi connectivity index (χ0v) is 21.8. The maximum atomic E-state index is 13.1. The van der Waals surface area contributed by atoms with Gasteiger partial charge in [-0.1, -0.05) is 55.3 Å². The molecule has 1 aliphatic rings. The van der Waals surface area contributed by atoms with Crippen LogP contribution in [-0.2, 0) is 19.6 Å². The molecule has 186 valence electrons. The van der Waals surface area contributed by atoms with Crippen molar-refractivity contribution < 1.29 is 35.3 Å². The molecule has 0 aromatic heterocycles. The molecule has 1 aliphatic carbocycles. The Hall–Kier alpha value is -1.60. The Bertz CT molecular complexity index is 1040. The quantitative estimate of drug-likeness (QED) is 0.190. The number of aryl methyl sites for hydroxylation is 1. The zero-order chi connectivity index (χ0) is 25.4. The van der Waals surface area contributed by atoms with Crippen molar-refractivity contribution in [1.29, 1.82) is 0 Å². The number of hydrogen-bond acceptors (Lipinski definition) is 5. The number of carbonyl (C=O) groups excluding carboxylic acids is 1. The number of esters is 1.